The van der Waals surface area contributed by atoms with Gasteiger partial charge in [-0.3, -0.25) is 9.69 Å². The topological polar surface area (TPSA) is 66.4 Å². The van der Waals surface area contributed by atoms with Gasteiger partial charge in [-0.25, -0.2) is 5.01 Å². The third-order valence-corrected chi connectivity index (χ3v) is 6.64. The highest BCUT2D eigenvalue weighted by Gasteiger charge is 2.36. The lowest BCUT2D eigenvalue weighted by Gasteiger charge is -2.34. The number of methoxy groups -OCH3 is 2. The zero-order chi connectivity index (χ0) is 23.5. The second-order valence-electron chi connectivity index (χ2n) is 8.95. The third kappa shape index (κ3) is 4.89. The molecule has 0 aromatic heterocycles. The maximum atomic E-state index is 13.6. The van der Waals surface area contributed by atoms with Crippen LogP contribution in [0.25, 0.3) is 0 Å². The number of amides is 1. The summed E-state index contributed by atoms with van der Waals surface area (Å²) in [5, 5.41) is 9.96. The number of piperazine rings is 1. The van der Waals surface area contributed by atoms with Crippen molar-refractivity contribution in [2.24, 2.45) is 5.10 Å². The van der Waals surface area contributed by atoms with Crippen LogP contribution < -0.4 is 14.8 Å². The van der Waals surface area contributed by atoms with Gasteiger partial charge in [-0.2, -0.15) is 5.10 Å². The Kier molecular flexibility index (Phi) is 7.00. The maximum absolute atomic E-state index is 13.6. The molecule has 7 heteroatoms. The van der Waals surface area contributed by atoms with E-state index in [-0.39, 0.29) is 11.9 Å². The highest BCUT2D eigenvalue weighted by atomic mass is 16.5. The molecule has 0 bridgehead atoms. The first-order valence-electron chi connectivity index (χ1n) is 11.5. The van der Waals surface area contributed by atoms with E-state index in [9.17, 15) is 4.79 Å². The molecular formula is C26H34N4O3. The van der Waals surface area contributed by atoms with E-state index < -0.39 is 0 Å². The zero-order valence-electron chi connectivity index (χ0n) is 20.2. The van der Waals surface area contributed by atoms with Gasteiger partial charge in [0.05, 0.1) is 32.5 Å². The van der Waals surface area contributed by atoms with Gasteiger partial charge in [0.15, 0.2) is 0 Å². The lowest BCUT2D eigenvalue weighted by atomic mass is 9.94. The number of benzene rings is 2. The summed E-state index contributed by atoms with van der Waals surface area (Å²) < 4.78 is 11.2. The van der Waals surface area contributed by atoms with Crippen molar-refractivity contribution in [3.05, 3.63) is 58.7 Å². The average molecular weight is 451 g/mol. The second kappa shape index (κ2) is 9.93. The summed E-state index contributed by atoms with van der Waals surface area (Å²) in [6.07, 6.45) is 0.622. The van der Waals surface area contributed by atoms with Crippen molar-refractivity contribution < 1.29 is 14.3 Å². The van der Waals surface area contributed by atoms with Gasteiger partial charge >= 0.3 is 0 Å². The molecule has 4 rings (SSSR count). The van der Waals surface area contributed by atoms with Gasteiger partial charge in [0.1, 0.15) is 11.5 Å². The van der Waals surface area contributed by atoms with Gasteiger partial charge in [0.2, 0.25) is 0 Å². The molecule has 2 aromatic rings. The van der Waals surface area contributed by atoms with Gasteiger partial charge in [-0.15, -0.1) is 0 Å². The number of carbonyl (C=O) groups is 1. The molecular weight excluding hydrogens is 416 g/mol. The molecule has 1 amide bonds. The molecule has 0 aliphatic carbocycles. The van der Waals surface area contributed by atoms with Crippen LogP contribution in [0.1, 0.15) is 41.6 Å². The van der Waals surface area contributed by atoms with Gasteiger partial charge in [-0.05, 0) is 50.6 Å². The summed E-state index contributed by atoms with van der Waals surface area (Å²) in [6.45, 7) is 9.29. The molecule has 1 fully saturated rings. The van der Waals surface area contributed by atoms with E-state index in [0.29, 0.717) is 19.0 Å². The Morgan fingerprint density at radius 2 is 1.97 bits per heavy atom. The van der Waals surface area contributed by atoms with E-state index in [1.54, 1.807) is 19.2 Å². The first-order chi connectivity index (χ1) is 15.9. The van der Waals surface area contributed by atoms with Crippen LogP contribution in [-0.2, 0) is 4.79 Å². The van der Waals surface area contributed by atoms with E-state index in [4.69, 9.17) is 14.6 Å². The van der Waals surface area contributed by atoms with E-state index in [2.05, 4.69) is 49.2 Å². The smallest absolute Gasteiger partial charge is 0.257 e. The van der Waals surface area contributed by atoms with E-state index in [1.807, 2.05) is 18.2 Å². The Labute approximate surface area is 196 Å². The van der Waals surface area contributed by atoms with Crippen molar-refractivity contribution in [2.45, 2.75) is 39.3 Å². The normalized spacial score (nSPS) is 21.1. The van der Waals surface area contributed by atoms with Gasteiger partial charge < -0.3 is 14.8 Å². The van der Waals surface area contributed by atoms with Crippen molar-refractivity contribution in [2.75, 3.05) is 40.4 Å². The van der Waals surface area contributed by atoms with Crippen LogP contribution in [0.4, 0.5) is 0 Å². The van der Waals surface area contributed by atoms with Crippen molar-refractivity contribution in [1.82, 2.24) is 15.2 Å². The number of carbonyl (C=O) groups excluding carboxylic acids is 1. The number of rotatable bonds is 6. The molecule has 2 unspecified atom stereocenters. The lowest BCUT2D eigenvalue weighted by molar-refractivity contribution is -0.135. The molecule has 2 aliphatic rings. The highest BCUT2D eigenvalue weighted by Crippen LogP contribution is 2.39. The number of hydrogen-bond donors (Lipinski definition) is 1. The van der Waals surface area contributed by atoms with E-state index in [1.165, 1.54) is 5.56 Å². The fourth-order valence-electron chi connectivity index (χ4n) is 4.66. The first kappa shape index (κ1) is 23.3. The zero-order valence-corrected chi connectivity index (χ0v) is 20.2. The largest absolute Gasteiger partial charge is 0.497 e. The van der Waals surface area contributed by atoms with Crippen LogP contribution >= 0.6 is 0 Å². The fraction of sp³-hybridized carbons (Fsp3) is 0.462. The second-order valence-corrected chi connectivity index (χ2v) is 8.95. The Bertz CT molecular complexity index is 1050. The number of nitrogens with zero attached hydrogens (tertiary/aromatic N) is 3. The Hall–Kier alpha value is -2.90. The molecule has 33 heavy (non-hydrogen) atoms. The van der Waals surface area contributed by atoms with Crippen LogP contribution in [0.15, 0.2) is 41.5 Å². The predicted molar refractivity (Wildman–Crippen MR) is 130 cm³/mol. The number of hydrazone groups is 1. The molecule has 2 heterocycles. The van der Waals surface area contributed by atoms with Crippen LogP contribution in [0.3, 0.4) is 0 Å². The highest BCUT2D eigenvalue weighted by molar-refractivity contribution is 6.04. The molecule has 176 valence electrons. The van der Waals surface area contributed by atoms with Crippen LogP contribution in [0.2, 0.25) is 0 Å². The monoisotopic (exact) mass is 450 g/mol. The molecule has 2 aliphatic heterocycles. The Morgan fingerprint density at radius 1 is 1.15 bits per heavy atom. The minimum absolute atomic E-state index is 0.000992. The van der Waals surface area contributed by atoms with Gasteiger partial charge in [0, 0.05) is 43.2 Å². The average Bonchev–Trinajstić information content (AvgIpc) is 3.27. The van der Waals surface area contributed by atoms with Crippen molar-refractivity contribution >= 4 is 11.6 Å². The van der Waals surface area contributed by atoms with Crippen LogP contribution in [0, 0.1) is 13.8 Å². The number of ether oxygens (including phenoxy) is 2. The summed E-state index contributed by atoms with van der Waals surface area (Å²) in [7, 11) is 3.30. The molecule has 2 aromatic carbocycles. The summed E-state index contributed by atoms with van der Waals surface area (Å²) in [5.41, 5.74) is 5.25. The van der Waals surface area contributed by atoms with Crippen molar-refractivity contribution in [3.63, 3.8) is 0 Å². The predicted octanol–water partition coefficient (Wildman–Crippen LogP) is 3.29. The van der Waals surface area contributed by atoms with Crippen molar-refractivity contribution in [1.29, 1.82) is 0 Å². The lowest BCUT2D eigenvalue weighted by Crippen LogP contribution is -2.52. The van der Waals surface area contributed by atoms with Crippen LogP contribution in [-0.4, -0.2) is 68.0 Å². The fourth-order valence-corrected chi connectivity index (χ4v) is 4.66. The summed E-state index contributed by atoms with van der Waals surface area (Å²) in [5.74, 6) is 1.46. The van der Waals surface area contributed by atoms with Crippen molar-refractivity contribution in [3.8, 4) is 11.5 Å². The molecule has 0 saturated carbocycles. The minimum Gasteiger partial charge on any atom is -0.497 e. The summed E-state index contributed by atoms with van der Waals surface area (Å²) >= 11 is 0. The van der Waals surface area contributed by atoms with E-state index >= 15 is 0 Å². The molecule has 0 spiro atoms. The molecule has 2 atom stereocenters. The number of aryl methyl sites for hydroxylation is 2. The number of hydrogen-bond acceptors (Lipinski definition) is 6. The van der Waals surface area contributed by atoms with Crippen LogP contribution in [0.5, 0.6) is 11.5 Å². The van der Waals surface area contributed by atoms with Gasteiger partial charge in [-0.1, -0.05) is 17.7 Å². The SMILES string of the molecule is COc1ccc(OC)c(C2CC(c3cc(C)ccc3C)=NN2C(=O)CN2CCNCC2C)c1. The minimum atomic E-state index is -0.254. The van der Waals surface area contributed by atoms with E-state index in [0.717, 1.165) is 53.5 Å². The quantitative estimate of drug-likeness (QED) is 0.732. The standard InChI is InChI=1S/C26H34N4O3/c1-17-6-7-18(2)21(12-17)23-14-24(22-13-20(32-4)8-9-25(22)33-5)30(28-23)26(31)16-29-11-10-27-15-19(29)3/h6-9,12-13,19,24,27H,10-11,14-16H2,1-5H3. The molecule has 0 radical (unpaired) electrons. The summed E-state index contributed by atoms with van der Waals surface area (Å²) in [6, 6.07) is 12.1. The van der Waals surface area contributed by atoms with Gasteiger partial charge in [0.25, 0.3) is 5.91 Å². The molecule has 1 saturated heterocycles. The first-order valence-corrected chi connectivity index (χ1v) is 11.5. The Morgan fingerprint density at radius 3 is 2.70 bits per heavy atom. The maximum Gasteiger partial charge on any atom is 0.257 e. The Balaban J connectivity index is 1.72. The third-order valence-electron chi connectivity index (χ3n) is 6.64. The molecule has 7 nitrogen and oxygen atoms in total. The summed E-state index contributed by atoms with van der Waals surface area (Å²) in [4.78, 5) is 15.8. The number of nitrogens with one attached hydrogen (secondary N) is 1. The molecule has 1 N–H and O–H groups in total.